The molecule has 0 saturated heterocycles. The largest absolute Gasteiger partial charge is 0.494 e. The predicted molar refractivity (Wildman–Crippen MR) is 160 cm³/mol. The number of methoxy groups -OCH3 is 1. The van der Waals surface area contributed by atoms with Crippen molar-refractivity contribution in [1.82, 2.24) is 19.4 Å². The van der Waals surface area contributed by atoms with Crippen molar-refractivity contribution in [2.24, 2.45) is 0 Å². The lowest BCUT2D eigenvalue weighted by Gasteiger charge is -2.24. The van der Waals surface area contributed by atoms with Gasteiger partial charge in [0.25, 0.3) is 0 Å². The highest BCUT2D eigenvalue weighted by atomic mass is 16.5. The van der Waals surface area contributed by atoms with Crippen LogP contribution in [0.15, 0.2) is 49.2 Å². The molecule has 0 radical (unpaired) electrons. The Morgan fingerprint density at radius 3 is 2.80 bits per heavy atom. The average Bonchev–Trinajstić information content (AvgIpc) is 3.29. The van der Waals surface area contributed by atoms with Crippen LogP contribution in [0.2, 0.25) is 0 Å². The van der Waals surface area contributed by atoms with Crippen LogP contribution in [0.5, 0.6) is 5.75 Å². The van der Waals surface area contributed by atoms with E-state index in [0.717, 1.165) is 65.0 Å². The van der Waals surface area contributed by atoms with Crippen LogP contribution in [-0.4, -0.2) is 73.7 Å². The molecule has 1 aliphatic rings. The number of aldehydes is 1. The van der Waals surface area contributed by atoms with Crippen molar-refractivity contribution in [3.63, 3.8) is 0 Å². The average molecular weight is 542 g/mol. The Bertz CT molecular complexity index is 1580. The Morgan fingerprint density at radius 1 is 1.23 bits per heavy atom. The Morgan fingerprint density at radius 2 is 2.05 bits per heavy atom. The summed E-state index contributed by atoms with van der Waals surface area (Å²) in [4.78, 5) is 25.0. The number of nitrogens with zero attached hydrogens (tertiary/aromatic N) is 5. The van der Waals surface area contributed by atoms with Crippen LogP contribution in [0.3, 0.4) is 0 Å². The number of anilines is 4. The first-order valence-corrected chi connectivity index (χ1v) is 13.1. The quantitative estimate of drug-likeness (QED) is 0.174. The van der Waals surface area contributed by atoms with Crippen molar-refractivity contribution >= 4 is 45.8 Å². The number of ether oxygens (including phenoxy) is 2. The lowest BCUT2D eigenvalue weighted by molar-refractivity contribution is -0.103. The Hall–Kier alpha value is -4.41. The molecule has 1 aliphatic heterocycles. The van der Waals surface area contributed by atoms with Crippen LogP contribution < -0.4 is 20.7 Å². The Kier molecular flexibility index (Phi) is 7.72. The number of benzene rings is 2. The lowest BCUT2D eigenvalue weighted by atomic mass is 10.0. The van der Waals surface area contributed by atoms with E-state index in [0.29, 0.717) is 41.9 Å². The lowest BCUT2D eigenvalue weighted by Crippen LogP contribution is -2.29. The molecular formula is C30H35N7O3. The van der Waals surface area contributed by atoms with Gasteiger partial charge < -0.3 is 34.9 Å². The molecule has 0 unspecified atom stereocenters. The fraction of sp³-hybridized carbons (Fsp3) is 0.300. The highest BCUT2D eigenvalue weighted by Gasteiger charge is 2.23. The summed E-state index contributed by atoms with van der Waals surface area (Å²) in [7, 11) is 7.72. The van der Waals surface area contributed by atoms with Gasteiger partial charge in [0, 0.05) is 61.0 Å². The number of carbonyl (C=O) groups is 1. The van der Waals surface area contributed by atoms with E-state index < -0.39 is 0 Å². The maximum Gasteiger partial charge on any atom is 0.227 e. The minimum absolute atomic E-state index is 0.405. The highest BCUT2D eigenvalue weighted by molar-refractivity contribution is 6.08. The van der Waals surface area contributed by atoms with Crippen molar-refractivity contribution < 1.29 is 14.3 Å². The van der Waals surface area contributed by atoms with Gasteiger partial charge in [0.2, 0.25) is 5.95 Å². The maximum absolute atomic E-state index is 11.4. The summed E-state index contributed by atoms with van der Waals surface area (Å²) in [6.07, 6.45) is 2.49. The fourth-order valence-corrected chi connectivity index (χ4v) is 5.02. The number of nitrogens with one attached hydrogen (secondary N) is 1. The van der Waals surface area contributed by atoms with Crippen LogP contribution in [-0.2, 0) is 22.7 Å². The number of aromatic nitrogens is 3. The van der Waals surface area contributed by atoms with Gasteiger partial charge in [0.15, 0.2) is 0 Å². The normalized spacial score (nSPS) is 12.8. The zero-order valence-corrected chi connectivity index (χ0v) is 23.4. The molecule has 0 fully saturated rings. The molecule has 0 spiro atoms. The number of nitrogens with two attached hydrogens (primary N) is 1. The monoisotopic (exact) mass is 541 g/mol. The van der Waals surface area contributed by atoms with Gasteiger partial charge in [-0.3, -0.25) is 4.79 Å². The molecule has 3 heterocycles. The first-order valence-electron chi connectivity index (χ1n) is 13.1. The van der Waals surface area contributed by atoms with Crippen molar-refractivity contribution in [1.29, 1.82) is 0 Å². The van der Waals surface area contributed by atoms with Crippen LogP contribution in [0, 0.1) is 0 Å². The van der Waals surface area contributed by atoms with Gasteiger partial charge in [-0.2, -0.15) is 0 Å². The van der Waals surface area contributed by atoms with E-state index in [2.05, 4.69) is 31.2 Å². The number of hydrogen-bond donors (Lipinski definition) is 2. The summed E-state index contributed by atoms with van der Waals surface area (Å²) >= 11 is 0. The number of likely N-dealkylation sites (N-methyl/N-ethyl adjacent to an activating group) is 2. The number of carbonyl (C=O) groups excluding carboxylic acids is 1. The first-order chi connectivity index (χ1) is 19.3. The molecule has 0 aliphatic carbocycles. The SMILES string of the molecule is C=C(C=O)c1ccc2c(c1)c(-c1ccnc(Nc3cc(N)c(N(C)CCN(C)C)cc3OC)n1)c1n2CCOC1. The zero-order valence-electron chi connectivity index (χ0n) is 23.4. The summed E-state index contributed by atoms with van der Waals surface area (Å²) in [5, 5.41) is 4.28. The minimum Gasteiger partial charge on any atom is -0.494 e. The zero-order chi connectivity index (χ0) is 28.4. The van der Waals surface area contributed by atoms with Crippen LogP contribution in [0.1, 0.15) is 11.3 Å². The summed E-state index contributed by atoms with van der Waals surface area (Å²) in [5.41, 5.74) is 13.6. The van der Waals surface area contributed by atoms with Gasteiger partial charge in [-0.05, 0) is 43.9 Å². The highest BCUT2D eigenvalue weighted by Crippen LogP contribution is 2.39. The summed E-state index contributed by atoms with van der Waals surface area (Å²) in [6, 6.07) is 11.6. The van der Waals surface area contributed by atoms with E-state index in [1.807, 2.05) is 57.5 Å². The standard InChI is InChI=1S/C30H35N7O3/c1-19(17-38)20-6-7-25-21(14-20)29(27-18-40-13-12-37(25)27)23-8-9-32-30(33-23)34-24-15-22(31)26(16-28(24)39-5)36(4)11-10-35(2)3/h6-9,14-17H,1,10-13,18,31H2,2-5H3,(H,32,33,34). The van der Waals surface area contributed by atoms with Gasteiger partial charge >= 0.3 is 0 Å². The second-order valence-electron chi connectivity index (χ2n) is 10.1. The van der Waals surface area contributed by atoms with Crippen molar-refractivity contribution in [2.45, 2.75) is 13.2 Å². The maximum atomic E-state index is 11.4. The third-order valence-electron chi connectivity index (χ3n) is 7.18. The third kappa shape index (κ3) is 5.23. The predicted octanol–water partition coefficient (Wildman–Crippen LogP) is 4.17. The van der Waals surface area contributed by atoms with Gasteiger partial charge in [-0.25, -0.2) is 9.97 Å². The smallest absolute Gasteiger partial charge is 0.227 e. The second-order valence-corrected chi connectivity index (χ2v) is 10.1. The third-order valence-corrected chi connectivity index (χ3v) is 7.18. The van der Waals surface area contributed by atoms with Crippen molar-refractivity contribution in [3.05, 3.63) is 60.4 Å². The fourth-order valence-electron chi connectivity index (χ4n) is 5.02. The first kappa shape index (κ1) is 27.2. The second kappa shape index (κ2) is 11.4. The molecule has 208 valence electrons. The summed E-state index contributed by atoms with van der Waals surface area (Å²) in [6.45, 7) is 7.45. The molecule has 0 saturated carbocycles. The van der Waals surface area contributed by atoms with E-state index in [1.165, 1.54) is 0 Å². The van der Waals surface area contributed by atoms with Crippen LogP contribution in [0.25, 0.3) is 27.7 Å². The molecule has 5 rings (SSSR count). The molecule has 3 N–H and O–H groups in total. The van der Waals surface area contributed by atoms with Gasteiger partial charge in [0.05, 0.1) is 48.8 Å². The molecule has 10 heteroatoms. The van der Waals surface area contributed by atoms with Crippen LogP contribution >= 0.6 is 0 Å². The van der Waals surface area contributed by atoms with Gasteiger partial charge in [0.1, 0.15) is 12.0 Å². The Balaban J connectivity index is 1.53. The minimum atomic E-state index is 0.405. The topological polar surface area (TPSA) is 111 Å². The van der Waals surface area contributed by atoms with Crippen LogP contribution in [0.4, 0.5) is 23.0 Å². The Labute approximate surface area is 234 Å². The molecule has 0 bridgehead atoms. The molecular weight excluding hydrogens is 506 g/mol. The molecule has 2 aromatic heterocycles. The van der Waals surface area contributed by atoms with E-state index in [1.54, 1.807) is 13.3 Å². The van der Waals surface area contributed by atoms with E-state index in [-0.39, 0.29) is 0 Å². The van der Waals surface area contributed by atoms with E-state index in [4.69, 9.17) is 20.2 Å². The van der Waals surface area contributed by atoms with Crippen molar-refractivity contribution in [2.75, 3.05) is 63.9 Å². The van der Waals surface area contributed by atoms with Gasteiger partial charge in [-0.15, -0.1) is 0 Å². The molecule has 10 nitrogen and oxygen atoms in total. The molecule has 40 heavy (non-hydrogen) atoms. The number of allylic oxidation sites excluding steroid dienone is 1. The summed E-state index contributed by atoms with van der Waals surface area (Å²) < 4.78 is 13.8. The van der Waals surface area contributed by atoms with E-state index in [9.17, 15) is 4.79 Å². The number of hydrogen-bond acceptors (Lipinski definition) is 9. The summed E-state index contributed by atoms with van der Waals surface area (Å²) in [5.74, 6) is 1.04. The van der Waals surface area contributed by atoms with Crippen molar-refractivity contribution in [3.8, 4) is 17.0 Å². The number of nitrogen functional groups attached to an aromatic ring is 1. The molecule has 2 aromatic carbocycles. The van der Waals surface area contributed by atoms with Gasteiger partial charge in [-0.1, -0.05) is 12.6 Å². The molecule has 4 aromatic rings. The number of rotatable bonds is 10. The van der Waals surface area contributed by atoms with E-state index >= 15 is 0 Å². The molecule has 0 amide bonds. The molecule has 0 atom stereocenters. The number of fused-ring (bicyclic) bond motifs is 3.